The third kappa shape index (κ3) is 4.09. The van der Waals surface area contributed by atoms with E-state index in [9.17, 15) is 18.0 Å². The Balaban J connectivity index is 1.59. The second-order valence-electron chi connectivity index (χ2n) is 6.14. The van der Waals surface area contributed by atoms with E-state index < -0.39 is 11.9 Å². The van der Waals surface area contributed by atoms with E-state index in [0.717, 1.165) is 6.20 Å². The molecule has 2 aromatic rings. The number of aryl methyl sites for hydroxylation is 1. The minimum atomic E-state index is -4.43. The van der Waals surface area contributed by atoms with E-state index in [1.807, 2.05) is 0 Å². The largest absolute Gasteiger partial charge is 0.434 e. The molecule has 1 N–H and O–H groups in total. The number of carbonyl (C=O) groups is 1. The number of hydrogen-bond acceptors (Lipinski definition) is 3. The predicted molar refractivity (Wildman–Crippen MR) is 84.9 cm³/mol. The highest BCUT2D eigenvalue weighted by Gasteiger charge is 2.35. The summed E-state index contributed by atoms with van der Waals surface area (Å²) in [5, 5.41) is 2.75. The Morgan fingerprint density at radius 2 is 2.12 bits per heavy atom. The van der Waals surface area contributed by atoms with E-state index in [4.69, 9.17) is 0 Å². The third-order valence-corrected chi connectivity index (χ3v) is 4.19. The van der Waals surface area contributed by atoms with Gasteiger partial charge < -0.3 is 14.8 Å². The van der Waals surface area contributed by atoms with Crippen molar-refractivity contribution < 1.29 is 18.0 Å². The molecule has 0 fully saturated rings. The van der Waals surface area contributed by atoms with Crippen LogP contribution in [-0.2, 0) is 19.1 Å². The second kappa shape index (κ2) is 6.73. The number of urea groups is 1. The van der Waals surface area contributed by atoms with Crippen LogP contribution in [0, 0.1) is 5.92 Å². The van der Waals surface area contributed by atoms with Crippen LogP contribution in [-0.4, -0.2) is 39.1 Å². The van der Waals surface area contributed by atoms with Crippen molar-refractivity contribution in [3.63, 3.8) is 0 Å². The van der Waals surface area contributed by atoms with Crippen LogP contribution in [0.2, 0.25) is 0 Å². The fourth-order valence-corrected chi connectivity index (χ4v) is 2.92. The van der Waals surface area contributed by atoms with Gasteiger partial charge in [0, 0.05) is 50.8 Å². The number of nitrogens with one attached hydrogen (secondary N) is 1. The zero-order chi connectivity index (χ0) is 18.0. The summed E-state index contributed by atoms with van der Waals surface area (Å²) < 4.78 is 39.8. The average Bonchev–Trinajstić information content (AvgIpc) is 2.99. The fraction of sp³-hybridized carbons (Fsp3) is 0.438. The molecule has 6 nitrogen and oxygen atoms in total. The molecule has 0 bridgehead atoms. The summed E-state index contributed by atoms with van der Waals surface area (Å²) in [7, 11) is 1.67. The number of fused-ring (bicyclic) bond motifs is 1. The first-order valence-electron chi connectivity index (χ1n) is 7.88. The van der Waals surface area contributed by atoms with Gasteiger partial charge in [0.15, 0.2) is 5.69 Å². The van der Waals surface area contributed by atoms with Gasteiger partial charge in [0.2, 0.25) is 0 Å². The van der Waals surface area contributed by atoms with Crippen molar-refractivity contribution >= 4 is 11.7 Å². The molecule has 0 spiro atoms. The molecule has 3 heterocycles. The van der Waals surface area contributed by atoms with Crippen LogP contribution in [0.3, 0.4) is 0 Å². The molecular formula is C16H18F3N5O. The van der Waals surface area contributed by atoms with E-state index in [1.165, 1.54) is 4.90 Å². The van der Waals surface area contributed by atoms with E-state index in [-0.39, 0.29) is 11.9 Å². The van der Waals surface area contributed by atoms with Gasteiger partial charge in [-0.3, -0.25) is 4.98 Å². The number of hydrogen-bond donors (Lipinski definition) is 1. The van der Waals surface area contributed by atoms with Crippen LogP contribution in [0.25, 0.3) is 0 Å². The number of nitrogens with zero attached hydrogens (tertiary/aromatic N) is 4. The zero-order valence-electron chi connectivity index (χ0n) is 13.6. The number of rotatable bonds is 3. The summed E-state index contributed by atoms with van der Waals surface area (Å²) in [6.07, 6.45) is 0.951. The summed E-state index contributed by atoms with van der Waals surface area (Å²) in [6.45, 7) is 0.876. The molecule has 0 unspecified atom stereocenters. The lowest BCUT2D eigenvalue weighted by Gasteiger charge is -2.28. The van der Waals surface area contributed by atoms with Gasteiger partial charge >= 0.3 is 12.2 Å². The van der Waals surface area contributed by atoms with Gasteiger partial charge in [-0.1, -0.05) is 0 Å². The molecule has 1 atom stereocenters. The number of aromatic nitrogens is 3. The van der Waals surface area contributed by atoms with Gasteiger partial charge in [0.05, 0.1) is 0 Å². The van der Waals surface area contributed by atoms with Crippen molar-refractivity contribution in [2.24, 2.45) is 5.92 Å². The molecule has 2 amide bonds. The van der Waals surface area contributed by atoms with Gasteiger partial charge in [-0.05, 0) is 24.5 Å². The Morgan fingerprint density at radius 1 is 1.40 bits per heavy atom. The number of pyridine rings is 1. The maximum atomic E-state index is 12.8. The van der Waals surface area contributed by atoms with Crippen LogP contribution in [0.5, 0.6) is 0 Å². The van der Waals surface area contributed by atoms with Crippen LogP contribution in [0.15, 0.2) is 30.7 Å². The van der Waals surface area contributed by atoms with Crippen LogP contribution in [0.4, 0.5) is 23.7 Å². The van der Waals surface area contributed by atoms with Gasteiger partial charge in [-0.15, -0.1) is 0 Å². The first-order valence-corrected chi connectivity index (χ1v) is 7.88. The van der Waals surface area contributed by atoms with Crippen molar-refractivity contribution in [1.82, 2.24) is 19.4 Å². The average molecular weight is 353 g/mol. The van der Waals surface area contributed by atoms with Gasteiger partial charge in [-0.2, -0.15) is 13.2 Å². The van der Waals surface area contributed by atoms with Gasteiger partial charge in [0.25, 0.3) is 0 Å². The Morgan fingerprint density at radius 3 is 2.80 bits per heavy atom. The molecule has 1 aliphatic rings. The maximum absolute atomic E-state index is 12.8. The summed E-state index contributed by atoms with van der Waals surface area (Å²) in [6, 6.07) is 3.10. The normalized spacial score (nSPS) is 17.0. The van der Waals surface area contributed by atoms with E-state index in [2.05, 4.69) is 15.3 Å². The van der Waals surface area contributed by atoms with E-state index >= 15 is 0 Å². The molecule has 2 aromatic heterocycles. The summed E-state index contributed by atoms with van der Waals surface area (Å²) in [5.41, 5.74) is -0.214. The van der Waals surface area contributed by atoms with E-state index in [1.54, 1.807) is 36.1 Å². The summed E-state index contributed by atoms with van der Waals surface area (Å²) >= 11 is 0. The maximum Gasteiger partial charge on any atom is 0.434 e. The number of carbonyl (C=O) groups excluding carboxylic acids is 1. The monoisotopic (exact) mass is 353 g/mol. The zero-order valence-corrected chi connectivity index (χ0v) is 13.6. The minimum Gasteiger partial charge on any atom is -0.334 e. The van der Waals surface area contributed by atoms with Crippen molar-refractivity contribution in [3.05, 3.63) is 42.2 Å². The molecule has 0 saturated heterocycles. The first kappa shape index (κ1) is 17.2. The third-order valence-electron chi connectivity index (χ3n) is 4.19. The van der Waals surface area contributed by atoms with Crippen molar-refractivity contribution in [2.75, 3.05) is 18.9 Å². The highest BCUT2D eigenvalue weighted by molar-refractivity contribution is 5.88. The second-order valence-corrected chi connectivity index (χ2v) is 6.14. The molecule has 25 heavy (non-hydrogen) atoms. The number of alkyl halides is 3. The van der Waals surface area contributed by atoms with Crippen LogP contribution in [0.1, 0.15) is 17.9 Å². The van der Waals surface area contributed by atoms with Crippen LogP contribution >= 0.6 is 0 Å². The molecule has 0 aromatic carbocycles. The lowest BCUT2D eigenvalue weighted by Crippen LogP contribution is -2.37. The molecule has 134 valence electrons. The van der Waals surface area contributed by atoms with Crippen molar-refractivity contribution in [3.8, 4) is 0 Å². The highest BCUT2D eigenvalue weighted by atomic mass is 19.4. The standard InChI is InChI=1S/C16H18F3N5O/c1-23(15(25)21-12-4-6-20-7-5-12)8-11-2-3-14-22-13(16(17,18)19)10-24(14)9-11/h4-7,10-11H,2-3,8-9H2,1H3,(H,20,21,25)/t11-/m0/s1. The number of imidazole rings is 1. The molecule has 9 heteroatoms. The van der Waals surface area contributed by atoms with Crippen LogP contribution < -0.4 is 5.32 Å². The number of halogens is 3. The van der Waals surface area contributed by atoms with Gasteiger partial charge in [-0.25, -0.2) is 9.78 Å². The molecule has 0 radical (unpaired) electrons. The smallest absolute Gasteiger partial charge is 0.334 e. The van der Waals surface area contributed by atoms with Gasteiger partial charge in [0.1, 0.15) is 5.82 Å². The quantitative estimate of drug-likeness (QED) is 0.923. The Bertz CT molecular complexity index is 744. The Labute approximate surface area is 142 Å². The highest BCUT2D eigenvalue weighted by Crippen LogP contribution is 2.30. The summed E-state index contributed by atoms with van der Waals surface area (Å²) in [4.78, 5) is 21.3. The number of anilines is 1. The van der Waals surface area contributed by atoms with Crippen molar-refractivity contribution in [1.29, 1.82) is 0 Å². The fourth-order valence-electron chi connectivity index (χ4n) is 2.92. The predicted octanol–water partition coefficient (Wildman–Crippen LogP) is 3.02. The first-order chi connectivity index (χ1) is 11.8. The summed E-state index contributed by atoms with van der Waals surface area (Å²) in [5.74, 6) is 0.531. The molecule has 1 aliphatic heterocycles. The lowest BCUT2D eigenvalue weighted by molar-refractivity contribution is -0.141. The number of amides is 2. The Kier molecular flexibility index (Phi) is 4.65. The molecule has 0 aliphatic carbocycles. The SMILES string of the molecule is CN(C[C@@H]1CCc2nc(C(F)(F)F)cn2C1)C(=O)Nc1ccncc1. The molecule has 0 saturated carbocycles. The van der Waals surface area contributed by atoms with Crippen molar-refractivity contribution in [2.45, 2.75) is 25.6 Å². The molecule has 3 rings (SSSR count). The Hall–Kier alpha value is -2.58. The topological polar surface area (TPSA) is 63.1 Å². The minimum absolute atomic E-state index is 0.0796. The molecular weight excluding hydrogens is 335 g/mol. The van der Waals surface area contributed by atoms with E-state index in [0.29, 0.717) is 37.4 Å². The lowest BCUT2D eigenvalue weighted by atomic mass is 9.99.